The van der Waals surface area contributed by atoms with Crippen LogP contribution in [-0.4, -0.2) is 82.5 Å². The molecular weight excluding hydrogens is 474 g/mol. The first-order valence-electron chi connectivity index (χ1n) is 12.3. The molecule has 0 saturated heterocycles. The van der Waals surface area contributed by atoms with Gasteiger partial charge in [0.1, 0.15) is 0 Å². The molecule has 0 heterocycles. The van der Waals surface area contributed by atoms with Crippen molar-refractivity contribution < 1.29 is 14.7 Å². The van der Waals surface area contributed by atoms with Gasteiger partial charge in [0.05, 0.1) is 19.2 Å². The van der Waals surface area contributed by atoms with E-state index in [-0.39, 0.29) is 43.9 Å². The van der Waals surface area contributed by atoms with Gasteiger partial charge in [0.2, 0.25) is 11.8 Å². The van der Waals surface area contributed by atoms with E-state index in [2.05, 4.69) is 24.3 Å². The number of amides is 2. The third kappa shape index (κ3) is 9.57. The van der Waals surface area contributed by atoms with E-state index in [1.54, 1.807) is 21.6 Å². The summed E-state index contributed by atoms with van der Waals surface area (Å²) < 4.78 is 0. The maximum absolute atomic E-state index is 13.2. The summed E-state index contributed by atoms with van der Waals surface area (Å²) in [5.74, 6) is -0.156. The largest absolute Gasteiger partial charge is 0.392 e. The van der Waals surface area contributed by atoms with E-state index in [0.717, 1.165) is 24.0 Å². The Morgan fingerprint density at radius 3 is 1.39 bits per heavy atom. The number of halogens is 1. The SMILES string of the molecule is CC(O)CN(CC(=O)N(C)C(C)(C)Cc1ccccc1)CC(=O)N(C)C(C)(C)Cc1ccccc1.Cl. The molecule has 2 aromatic carbocycles. The van der Waals surface area contributed by atoms with Gasteiger partial charge in [-0.15, -0.1) is 12.4 Å². The maximum atomic E-state index is 13.2. The van der Waals surface area contributed by atoms with Gasteiger partial charge in [0, 0.05) is 31.7 Å². The van der Waals surface area contributed by atoms with Crippen molar-refractivity contribution in [2.75, 3.05) is 33.7 Å². The van der Waals surface area contributed by atoms with Gasteiger partial charge in [0.15, 0.2) is 0 Å². The van der Waals surface area contributed by atoms with E-state index < -0.39 is 17.2 Å². The van der Waals surface area contributed by atoms with Gasteiger partial charge >= 0.3 is 0 Å². The lowest BCUT2D eigenvalue weighted by atomic mass is 9.93. The summed E-state index contributed by atoms with van der Waals surface area (Å²) in [6.07, 6.45) is 0.796. The third-order valence-electron chi connectivity index (χ3n) is 6.76. The Bertz CT molecular complexity index is 875. The standard InChI is InChI=1S/C29H43N3O3.ClH/c1-23(33)20-32(21-26(34)30(6)28(2,3)18-24-14-10-8-11-15-24)22-27(35)31(7)29(4,5)19-25-16-12-9-13-17-25;/h8-17,23,33H,18-22H2,1-7H3;1H. The molecule has 6 nitrogen and oxygen atoms in total. The second kappa shape index (κ2) is 13.8. The number of likely N-dealkylation sites (N-methyl/N-ethyl adjacent to an activating group) is 2. The van der Waals surface area contributed by atoms with Crippen LogP contribution in [-0.2, 0) is 22.4 Å². The number of aliphatic hydroxyl groups is 1. The van der Waals surface area contributed by atoms with Crippen LogP contribution in [0.3, 0.4) is 0 Å². The fourth-order valence-corrected chi connectivity index (χ4v) is 4.26. The molecule has 2 rings (SSSR count). The molecule has 0 aliphatic heterocycles. The average Bonchev–Trinajstić information content (AvgIpc) is 2.78. The molecule has 0 saturated carbocycles. The molecule has 1 N–H and O–H groups in total. The fraction of sp³-hybridized carbons (Fsp3) is 0.517. The number of benzene rings is 2. The van der Waals surface area contributed by atoms with Crippen molar-refractivity contribution >= 4 is 24.2 Å². The van der Waals surface area contributed by atoms with E-state index >= 15 is 0 Å². The molecular formula is C29H44ClN3O3. The van der Waals surface area contributed by atoms with Crippen LogP contribution in [0.5, 0.6) is 0 Å². The lowest BCUT2D eigenvalue weighted by Gasteiger charge is -2.39. The molecule has 1 atom stereocenters. The lowest BCUT2D eigenvalue weighted by molar-refractivity contribution is -0.139. The molecule has 0 radical (unpaired) electrons. The molecule has 2 aromatic rings. The number of aliphatic hydroxyl groups excluding tert-OH is 1. The summed E-state index contributed by atoms with van der Waals surface area (Å²) in [4.78, 5) is 31.7. The van der Waals surface area contributed by atoms with Crippen molar-refractivity contribution in [1.29, 1.82) is 0 Å². The Kier molecular flexibility index (Phi) is 12.1. The van der Waals surface area contributed by atoms with Gasteiger partial charge in [-0.3, -0.25) is 14.5 Å². The van der Waals surface area contributed by atoms with Gasteiger partial charge in [-0.1, -0.05) is 60.7 Å². The summed E-state index contributed by atoms with van der Waals surface area (Å²) >= 11 is 0. The molecule has 0 spiro atoms. The van der Waals surface area contributed by atoms with Gasteiger partial charge in [-0.25, -0.2) is 0 Å². The lowest BCUT2D eigenvalue weighted by Crippen LogP contribution is -2.54. The molecule has 7 heteroatoms. The number of hydrogen-bond acceptors (Lipinski definition) is 4. The molecule has 36 heavy (non-hydrogen) atoms. The highest BCUT2D eigenvalue weighted by Crippen LogP contribution is 2.21. The monoisotopic (exact) mass is 517 g/mol. The molecule has 0 aliphatic rings. The zero-order chi connectivity index (χ0) is 26.2. The van der Waals surface area contributed by atoms with E-state index in [1.165, 1.54) is 0 Å². The minimum atomic E-state index is -0.652. The van der Waals surface area contributed by atoms with Crippen molar-refractivity contribution in [1.82, 2.24) is 14.7 Å². The van der Waals surface area contributed by atoms with Crippen molar-refractivity contribution in [2.45, 2.75) is 64.6 Å². The normalized spacial score (nSPS) is 12.6. The average molecular weight is 518 g/mol. The predicted octanol–water partition coefficient (Wildman–Crippen LogP) is 4.05. The van der Waals surface area contributed by atoms with Crippen LogP contribution in [0.2, 0.25) is 0 Å². The molecule has 200 valence electrons. The Morgan fingerprint density at radius 1 is 0.750 bits per heavy atom. The van der Waals surface area contributed by atoms with Gasteiger partial charge in [-0.05, 0) is 58.6 Å². The summed E-state index contributed by atoms with van der Waals surface area (Å²) in [5.41, 5.74) is 1.53. The molecule has 1 unspecified atom stereocenters. The van der Waals surface area contributed by atoms with Gasteiger partial charge in [0.25, 0.3) is 0 Å². The van der Waals surface area contributed by atoms with Crippen LogP contribution in [0.1, 0.15) is 45.7 Å². The van der Waals surface area contributed by atoms with E-state index in [4.69, 9.17) is 0 Å². The highest BCUT2D eigenvalue weighted by molar-refractivity contribution is 5.85. The summed E-state index contributed by atoms with van der Waals surface area (Å²) in [7, 11) is 3.62. The van der Waals surface area contributed by atoms with E-state index in [9.17, 15) is 14.7 Å². The van der Waals surface area contributed by atoms with Crippen LogP contribution < -0.4 is 0 Å². The number of nitrogens with zero attached hydrogens (tertiary/aromatic N) is 3. The molecule has 0 bridgehead atoms. The zero-order valence-corrected chi connectivity index (χ0v) is 23.7. The molecule has 0 aromatic heterocycles. The summed E-state index contributed by atoms with van der Waals surface area (Å²) in [6, 6.07) is 20.2. The van der Waals surface area contributed by atoms with Crippen molar-refractivity contribution in [2.24, 2.45) is 0 Å². The number of carbonyl (C=O) groups is 2. The predicted molar refractivity (Wildman–Crippen MR) is 149 cm³/mol. The van der Waals surface area contributed by atoms with Crippen molar-refractivity contribution in [3.63, 3.8) is 0 Å². The van der Waals surface area contributed by atoms with Crippen molar-refractivity contribution in [3.8, 4) is 0 Å². The quantitative estimate of drug-likeness (QED) is 0.461. The second-order valence-corrected chi connectivity index (χ2v) is 10.9. The molecule has 2 amide bonds. The molecule has 0 aliphatic carbocycles. The van der Waals surface area contributed by atoms with Crippen LogP contribution in [0.15, 0.2) is 60.7 Å². The van der Waals surface area contributed by atoms with Crippen molar-refractivity contribution in [3.05, 3.63) is 71.8 Å². The smallest absolute Gasteiger partial charge is 0.236 e. The topological polar surface area (TPSA) is 64.1 Å². The highest BCUT2D eigenvalue weighted by Gasteiger charge is 2.32. The molecule has 0 fully saturated rings. The van der Waals surface area contributed by atoms with Gasteiger partial charge in [-0.2, -0.15) is 0 Å². The van der Waals surface area contributed by atoms with Crippen LogP contribution in [0.25, 0.3) is 0 Å². The van der Waals surface area contributed by atoms with Gasteiger partial charge < -0.3 is 14.9 Å². The number of rotatable bonds is 12. The van der Waals surface area contributed by atoms with E-state index in [0.29, 0.717) is 0 Å². The summed E-state index contributed by atoms with van der Waals surface area (Å²) in [6.45, 7) is 10.2. The first-order valence-corrected chi connectivity index (χ1v) is 12.3. The minimum Gasteiger partial charge on any atom is -0.392 e. The first-order chi connectivity index (χ1) is 16.3. The number of hydrogen-bond donors (Lipinski definition) is 1. The number of carbonyl (C=O) groups excluding carboxylic acids is 2. The Hall–Kier alpha value is -2.41. The third-order valence-corrected chi connectivity index (χ3v) is 6.76. The van der Waals surface area contributed by atoms with E-state index in [1.807, 2.05) is 78.2 Å². The Balaban J connectivity index is 0.00000648. The zero-order valence-electron chi connectivity index (χ0n) is 22.9. The van der Waals surface area contributed by atoms with Crippen LogP contribution in [0, 0.1) is 0 Å². The first kappa shape index (κ1) is 31.6. The van der Waals surface area contributed by atoms with Crippen LogP contribution >= 0.6 is 12.4 Å². The second-order valence-electron chi connectivity index (χ2n) is 10.9. The van der Waals surface area contributed by atoms with Crippen LogP contribution in [0.4, 0.5) is 0 Å². The minimum absolute atomic E-state index is 0. The Morgan fingerprint density at radius 2 is 1.08 bits per heavy atom. The Labute approximate surface area is 223 Å². The summed E-state index contributed by atoms with van der Waals surface area (Å²) in [5, 5.41) is 10.0. The maximum Gasteiger partial charge on any atom is 0.236 e. The fourth-order valence-electron chi connectivity index (χ4n) is 4.26. The highest BCUT2D eigenvalue weighted by atomic mass is 35.5.